The van der Waals surface area contributed by atoms with Crippen molar-refractivity contribution in [3.63, 3.8) is 0 Å². The number of amides is 1. The van der Waals surface area contributed by atoms with Gasteiger partial charge in [0.15, 0.2) is 5.13 Å². The molecule has 0 saturated heterocycles. The zero-order valence-electron chi connectivity index (χ0n) is 10.4. The fourth-order valence-corrected chi connectivity index (χ4v) is 3.00. The maximum absolute atomic E-state index is 11.4. The first-order valence-corrected chi connectivity index (χ1v) is 8.65. The predicted molar refractivity (Wildman–Crippen MR) is 86.1 cm³/mol. The molecule has 1 amide bonds. The van der Waals surface area contributed by atoms with E-state index in [0.29, 0.717) is 10.9 Å². The topological polar surface area (TPSA) is 42.0 Å². The van der Waals surface area contributed by atoms with Crippen LogP contribution in [0.1, 0.15) is 10.4 Å². The molecule has 100 valence electrons. The first-order valence-electron chi connectivity index (χ1n) is 5.65. The van der Waals surface area contributed by atoms with Crippen LogP contribution in [0.3, 0.4) is 0 Å². The van der Waals surface area contributed by atoms with Gasteiger partial charge in [-0.2, -0.15) is 11.8 Å². The monoisotopic (exact) mass is 356 g/mol. The molecule has 0 aliphatic rings. The number of halogens is 1. The Kier molecular flexibility index (Phi) is 5.42. The Morgan fingerprint density at radius 1 is 1.42 bits per heavy atom. The third-order valence-electron chi connectivity index (χ3n) is 2.37. The number of aromatic nitrogens is 1. The van der Waals surface area contributed by atoms with Crippen molar-refractivity contribution in [3.05, 3.63) is 45.4 Å². The number of hydrogen-bond acceptors (Lipinski definition) is 4. The second-order valence-corrected chi connectivity index (χ2v) is 6.81. The third-order valence-corrected chi connectivity index (χ3v) is 4.36. The van der Waals surface area contributed by atoms with Crippen LogP contribution in [0.2, 0.25) is 0 Å². The Balaban J connectivity index is 1.97. The summed E-state index contributed by atoms with van der Waals surface area (Å²) >= 11 is 6.44. The molecule has 0 aliphatic carbocycles. The second kappa shape index (κ2) is 7.07. The van der Waals surface area contributed by atoms with Gasteiger partial charge < -0.3 is 5.32 Å². The molecule has 2 rings (SSSR count). The van der Waals surface area contributed by atoms with Gasteiger partial charge in [-0.05, 0) is 24.0 Å². The Hall–Kier alpha value is -0.850. The predicted octanol–water partition coefficient (Wildman–Crippen LogP) is 3.80. The van der Waals surface area contributed by atoms with Crippen molar-refractivity contribution in [2.75, 3.05) is 17.3 Å². The lowest BCUT2D eigenvalue weighted by atomic mass is 10.1. The molecule has 0 radical (unpaired) electrons. The van der Waals surface area contributed by atoms with Gasteiger partial charge in [0.25, 0.3) is 0 Å². The number of thioether (sulfide) groups is 1. The molecule has 0 saturated carbocycles. The van der Waals surface area contributed by atoms with Gasteiger partial charge in [-0.15, -0.1) is 11.3 Å². The molecule has 1 aromatic carbocycles. The van der Waals surface area contributed by atoms with E-state index in [1.165, 1.54) is 28.7 Å². The molecule has 1 heterocycles. The van der Waals surface area contributed by atoms with Crippen LogP contribution in [-0.4, -0.2) is 22.9 Å². The Bertz CT molecular complexity index is 554. The van der Waals surface area contributed by atoms with Gasteiger partial charge in [0.2, 0.25) is 5.91 Å². The highest BCUT2D eigenvalue weighted by Gasteiger charge is 2.06. The van der Waals surface area contributed by atoms with Crippen LogP contribution >= 0.6 is 39.0 Å². The van der Waals surface area contributed by atoms with Crippen LogP contribution in [0.15, 0.2) is 34.9 Å². The number of hydrogen-bond donors (Lipinski definition) is 1. The van der Waals surface area contributed by atoms with E-state index in [1.54, 1.807) is 0 Å². The average molecular weight is 357 g/mol. The lowest BCUT2D eigenvalue weighted by molar-refractivity contribution is -0.113. The molecule has 1 aromatic heterocycles. The van der Waals surface area contributed by atoms with E-state index in [2.05, 4.69) is 38.4 Å². The van der Waals surface area contributed by atoms with Crippen LogP contribution in [0, 0.1) is 0 Å². The molecule has 3 nitrogen and oxygen atoms in total. The van der Waals surface area contributed by atoms with Crippen molar-refractivity contribution in [1.82, 2.24) is 4.98 Å². The van der Waals surface area contributed by atoms with E-state index < -0.39 is 0 Å². The third kappa shape index (κ3) is 4.63. The van der Waals surface area contributed by atoms with Crippen molar-refractivity contribution >= 4 is 50.1 Å². The van der Waals surface area contributed by atoms with Crippen LogP contribution in [-0.2, 0) is 11.2 Å². The van der Waals surface area contributed by atoms with Crippen LogP contribution in [0.5, 0.6) is 0 Å². The number of benzene rings is 1. The molecule has 19 heavy (non-hydrogen) atoms. The summed E-state index contributed by atoms with van der Waals surface area (Å²) in [6, 6.07) is 8.21. The molecule has 0 unspecified atom stereocenters. The molecular weight excluding hydrogens is 344 g/mol. The number of carbonyl (C=O) groups excluding carboxylic acids is 1. The smallest absolute Gasteiger partial charge is 0.236 e. The van der Waals surface area contributed by atoms with E-state index in [1.807, 2.05) is 24.6 Å². The number of carbonyl (C=O) groups is 1. The van der Waals surface area contributed by atoms with Crippen molar-refractivity contribution < 1.29 is 4.79 Å². The number of nitrogens with one attached hydrogen (secondary N) is 1. The maximum atomic E-state index is 11.4. The molecule has 2 aromatic rings. The highest BCUT2D eigenvalue weighted by atomic mass is 79.9. The number of thiazole rings is 1. The second-order valence-electron chi connectivity index (χ2n) is 3.92. The fraction of sp³-hybridized carbons (Fsp3) is 0.231. The van der Waals surface area contributed by atoms with Crippen molar-refractivity contribution in [2.45, 2.75) is 6.42 Å². The first-order chi connectivity index (χ1) is 9.17. The van der Waals surface area contributed by atoms with Gasteiger partial charge in [-0.1, -0.05) is 28.1 Å². The number of anilines is 1. The van der Waals surface area contributed by atoms with Crippen LogP contribution in [0.25, 0.3) is 0 Å². The summed E-state index contributed by atoms with van der Waals surface area (Å²) in [6.07, 6.45) is 4.56. The van der Waals surface area contributed by atoms with Gasteiger partial charge in [0.1, 0.15) is 0 Å². The summed E-state index contributed by atoms with van der Waals surface area (Å²) in [5, 5.41) is 3.47. The summed E-state index contributed by atoms with van der Waals surface area (Å²) < 4.78 is 1.07. The Morgan fingerprint density at radius 2 is 2.16 bits per heavy atom. The zero-order valence-corrected chi connectivity index (χ0v) is 13.6. The van der Waals surface area contributed by atoms with Crippen molar-refractivity contribution in [1.29, 1.82) is 0 Å². The summed E-state index contributed by atoms with van der Waals surface area (Å²) in [4.78, 5) is 16.8. The zero-order chi connectivity index (χ0) is 13.7. The molecule has 6 heteroatoms. The van der Waals surface area contributed by atoms with E-state index in [0.717, 1.165) is 15.8 Å². The van der Waals surface area contributed by atoms with Crippen molar-refractivity contribution in [3.8, 4) is 0 Å². The molecule has 0 fully saturated rings. The largest absolute Gasteiger partial charge is 0.301 e. The van der Waals surface area contributed by atoms with E-state index in [9.17, 15) is 4.79 Å². The molecule has 0 spiro atoms. The van der Waals surface area contributed by atoms with Gasteiger partial charge in [-0.25, -0.2) is 4.98 Å². The Morgan fingerprint density at radius 3 is 2.84 bits per heavy atom. The molecular formula is C13H13BrN2OS2. The fourth-order valence-electron chi connectivity index (χ4n) is 1.54. The van der Waals surface area contributed by atoms with Gasteiger partial charge >= 0.3 is 0 Å². The Labute approximate surface area is 129 Å². The molecule has 0 atom stereocenters. The normalized spacial score (nSPS) is 10.4. The van der Waals surface area contributed by atoms with E-state index in [4.69, 9.17) is 0 Å². The van der Waals surface area contributed by atoms with Crippen LogP contribution in [0.4, 0.5) is 5.13 Å². The number of nitrogens with zero attached hydrogens (tertiary/aromatic N) is 1. The standard InChI is InChI=1S/C13H13BrN2OS2/c1-18-8-12(17)16-13-15-7-11(19-13)6-9-2-4-10(14)5-3-9/h2-5,7H,6,8H2,1H3,(H,15,16,17). The van der Waals surface area contributed by atoms with Gasteiger partial charge in [0, 0.05) is 22.0 Å². The average Bonchev–Trinajstić information content (AvgIpc) is 2.80. The van der Waals surface area contributed by atoms with Crippen molar-refractivity contribution in [2.24, 2.45) is 0 Å². The summed E-state index contributed by atoms with van der Waals surface area (Å²) in [5.74, 6) is 0.457. The van der Waals surface area contributed by atoms with E-state index in [-0.39, 0.29) is 5.91 Å². The SMILES string of the molecule is CSCC(=O)Nc1ncc(Cc2ccc(Br)cc2)s1. The quantitative estimate of drug-likeness (QED) is 0.885. The summed E-state index contributed by atoms with van der Waals surface area (Å²) in [7, 11) is 0. The number of rotatable bonds is 5. The van der Waals surface area contributed by atoms with Gasteiger partial charge in [0.05, 0.1) is 5.75 Å². The lowest BCUT2D eigenvalue weighted by Gasteiger charge is -1.99. The minimum Gasteiger partial charge on any atom is -0.301 e. The minimum atomic E-state index is -0.00274. The maximum Gasteiger partial charge on any atom is 0.236 e. The van der Waals surface area contributed by atoms with Gasteiger partial charge in [-0.3, -0.25) is 4.79 Å². The highest BCUT2D eigenvalue weighted by molar-refractivity contribution is 9.10. The summed E-state index contributed by atoms with van der Waals surface area (Å²) in [5.41, 5.74) is 1.23. The van der Waals surface area contributed by atoms with E-state index >= 15 is 0 Å². The molecule has 0 aliphatic heterocycles. The minimum absolute atomic E-state index is 0.00274. The summed E-state index contributed by atoms with van der Waals surface area (Å²) in [6.45, 7) is 0. The first kappa shape index (κ1) is 14.6. The molecule has 0 bridgehead atoms. The highest BCUT2D eigenvalue weighted by Crippen LogP contribution is 2.22. The molecule has 1 N–H and O–H groups in total. The lowest BCUT2D eigenvalue weighted by Crippen LogP contribution is -2.13. The van der Waals surface area contributed by atoms with Crippen LogP contribution < -0.4 is 5.32 Å².